The minimum Gasteiger partial charge on any atom is -0.480 e. The zero-order valence-corrected chi connectivity index (χ0v) is 17.5. The van der Waals surface area contributed by atoms with E-state index >= 15 is 0 Å². The second-order valence-corrected chi connectivity index (χ2v) is 5.69. The van der Waals surface area contributed by atoms with Crippen molar-refractivity contribution in [3.8, 4) is 11.9 Å². The molecule has 3 N–H and O–H groups in total. The van der Waals surface area contributed by atoms with Gasteiger partial charge in [0.05, 0.1) is 38.2 Å². The number of rotatable bonds is 6. The number of ether oxygens (including phenoxy) is 3. The van der Waals surface area contributed by atoms with Crippen molar-refractivity contribution in [2.75, 3.05) is 21.3 Å². The largest absolute Gasteiger partial charge is 0.480 e. The molecule has 2 heterocycles. The van der Waals surface area contributed by atoms with E-state index in [0.717, 1.165) is 12.2 Å². The van der Waals surface area contributed by atoms with E-state index in [2.05, 4.69) is 19.7 Å². The molecule has 0 saturated carbocycles. The molecule has 0 bridgehead atoms. The molecule has 2 aromatic heterocycles. The van der Waals surface area contributed by atoms with Crippen LogP contribution in [0.1, 0.15) is 22.5 Å². The molecule has 0 atom stereocenters. The van der Waals surface area contributed by atoms with Gasteiger partial charge in [-0.05, 0) is 26.0 Å². The molecule has 0 radical (unpaired) electrons. The number of carbonyl (C=O) groups excluding carboxylic acids is 1. The Bertz CT molecular complexity index is 1110. The summed E-state index contributed by atoms with van der Waals surface area (Å²) in [6.07, 6.45) is 4.78. The average molecular weight is 434 g/mol. The van der Waals surface area contributed by atoms with E-state index in [-0.39, 0.29) is 11.6 Å². The maximum atomic E-state index is 11.2. The highest BCUT2D eigenvalue weighted by molar-refractivity contribution is 5.87. The second kappa shape index (κ2) is 11.7. The van der Waals surface area contributed by atoms with Crippen molar-refractivity contribution >= 4 is 24.1 Å². The van der Waals surface area contributed by atoms with E-state index in [4.69, 9.17) is 14.6 Å². The van der Waals surface area contributed by atoms with Crippen LogP contribution >= 0.6 is 0 Å². The van der Waals surface area contributed by atoms with Crippen LogP contribution < -0.4 is 20.7 Å². The van der Waals surface area contributed by atoms with Crippen LogP contribution in [0.2, 0.25) is 0 Å². The molecule has 0 aliphatic carbocycles. The van der Waals surface area contributed by atoms with Crippen molar-refractivity contribution in [2.45, 2.75) is 13.8 Å². The zero-order valence-electron chi connectivity index (χ0n) is 17.5. The highest BCUT2D eigenvalue weighted by atomic mass is 16.5. The summed E-state index contributed by atoms with van der Waals surface area (Å²) in [6.45, 7) is 3.28. The predicted molar refractivity (Wildman–Crippen MR) is 110 cm³/mol. The van der Waals surface area contributed by atoms with Gasteiger partial charge in [-0.3, -0.25) is 9.78 Å². The molecule has 0 spiro atoms. The lowest BCUT2D eigenvalue weighted by atomic mass is 10.2. The monoisotopic (exact) mass is 434 g/mol. The molecule has 0 amide bonds. The maximum absolute atomic E-state index is 11.2. The number of aliphatic carboxylic acids is 1. The van der Waals surface area contributed by atoms with Gasteiger partial charge >= 0.3 is 23.6 Å². The molecule has 0 aliphatic heterocycles. The minimum absolute atomic E-state index is 0.131. The second-order valence-electron chi connectivity index (χ2n) is 5.69. The summed E-state index contributed by atoms with van der Waals surface area (Å²) in [5, 5.41) is 8.34. The highest BCUT2D eigenvalue weighted by Crippen LogP contribution is 2.22. The van der Waals surface area contributed by atoms with Gasteiger partial charge in [-0.2, -0.15) is 9.97 Å². The molecule has 12 nitrogen and oxygen atoms in total. The van der Waals surface area contributed by atoms with Crippen LogP contribution in [0.25, 0.3) is 12.2 Å². The number of H-pyrrole nitrogens is 2. The van der Waals surface area contributed by atoms with Gasteiger partial charge in [0.2, 0.25) is 5.88 Å². The van der Waals surface area contributed by atoms with Crippen LogP contribution in [0.4, 0.5) is 0 Å². The van der Waals surface area contributed by atoms with E-state index in [1.54, 1.807) is 13.0 Å². The van der Waals surface area contributed by atoms with Gasteiger partial charge in [0, 0.05) is 17.8 Å². The maximum Gasteiger partial charge on any atom is 0.330 e. The lowest BCUT2D eigenvalue weighted by molar-refractivity contribution is -0.135. The summed E-state index contributed by atoms with van der Waals surface area (Å²) in [5.41, 5.74) is 0.500. The van der Waals surface area contributed by atoms with Crippen molar-refractivity contribution < 1.29 is 28.9 Å². The fraction of sp³-hybridized carbons (Fsp3) is 0.263. The molecule has 2 rings (SSSR count). The summed E-state index contributed by atoms with van der Waals surface area (Å²) in [4.78, 5) is 55.5. The predicted octanol–water partition coefficient (Wildman–Crippen LogP) is 0.458. The molecule has 31 heavy (non-hydrogen) atoms. The zero-order chi connectivity index (χ0) is 23.6. The molecule has 0 saturated heterocycles. The Kier molecular flexibility index (Phi) is 9.37. The number of hydrogen-bond acceptors (Lipinski definition) is 9. The molecular formula is C19H22N4O8. The number of carboxylic acid groups (broad SMARTS) is 1. The minimum atomic E-state index is -1.16. The van der Waals surface area contributed by atoms with Crippen molar-refractivity contribution in [3.63, 3.8) is 0 Å². The van der Waals surface area contributed by atoms with E-state index in [1.165, 1.54) is 34.3 Å². The van der Waals surface area contributed by atoms with Gasteiger partial charge < -0.3 is 24.3 Å². The van der Waals surface area contributed by atoms with Crippen molar-refractivity contribution in [1.29, 1.82) is 0 Å². The summed E-state index contributed by atoms with van der Waals surface area (Å²) < 4.78 is 14.5. The van der Waals surface area contributed by atoms with Crippen LogP contribution in [-0.2, 0) is 14.3 Å². The van der Waals surface area contributed by atoms with Gasteiger partial charge in [-0.1, -0.05) is 0 Å². The first-order valence-electron chi connectivity index (χ1n) is 8.59. The molecule has 0 aromatic carbocycles. The number of esters is 1. The molecule has 166 valence electrons. The number of aryl methyl sites for hydroxylation is 2. The average Bonchev–Trinajstić information content (AvgIpc) is 2.71. The van der Waals surface area contributed by atoms with Gasteiger partial charge in [-0.25, -0.2) is 14.4 Å². The number of nitrogens with zero attached hydrogens (tertiary/aromatic N) is 2. The van der Waals surface area contributed by atoms with Gasteiger partial charge in [0.25, 0.3) is 5.56 Å². The van der Waals surface area contributed by atoms with Crippen LogP contribution in [-0.4, -0.2) is 58.3 Å². The van der Waals surface area contributed by atoms with E-state index in [9.17, 15) is 19.2 Å². The molecule has 0 unspecified atom stereocenters. The van der Waals surface area contributed by atoms with E-state index in [1.807, 2.05) is 4.98 Å². The molecule has 0 fully saturated rings. The number of hydrogen-bond donors (Lipinski definition) is 3. The summed E-state index contributed by atoms with van der Waals surface area (Å²) in [5.74, 6) is -1.27. The Morgan fingerprint density at radius 3 is 2.10 bits per heavy atom. The SMILES string of the molecule is COC(=O)/C=C/c1c(C)nc(OC)nc1OC.Cc1[nH]c(=O)[nH]c(=O)c1/C=C/C(=O)O. The van der Waals surface area contributed by atoms with Crippen molar-refractivity contribution in [2.24, 2.45) is 0 Å². The normalized spacial score (nSPS) is 10.5. The van der Waals surface area contributed by atoms with Crippen LogP contribution in [0.5, 0.6) is 11.9 Å². The molecule has 0 aliphatic rings. The highest BCUT2D eigenvalue weighted by Gasteiger charge is 2.10. The first-order chi connectivity index (χ1) is 14.6. The Morgan fingerprint density at radius 2 is 1.58 bits per heavy atom. The quantitative estimate of drug-likeness (QED) is 0.428. The van der Waals surface area contributed by atoms with Gasteiger partial charge in [0.15, 0.2) is 0 Å². The molecule has 2 aromatic rings. The Hall–Kier alpha value is -4.22. The number of aromatic nitrogens is 4. The Morgan fingerprint density at radius 1 is 0.935 bits per heavy atom. The third kappa shape index (κ3) is 7.61. The number of nitrogens with one attached hydrogen (secondary N) is 2. The number of carboxylic acids is 1. The molecular weight excluding hydrogens is 412 g/mol. The summed E-state index contributed by atoms with van der Waals surface area (Å²) in [6, 6.07) is 0.217. The first-order valence-corrected chi connectivity index (χ1v) is 8.59. The fourth-order valence-electron chi connectivity index (χ4n) is 2.15. The Balaban J connectivity index is 0.000000316. The van der Waals surface area contributed by atoms with E-state index < -0.39 is 23.2 Å². The number of carbonyl (C=O) groups is 2. The summed E-state index contributed by atoms with van der Waals surface area (Å²) in [7, 11) is 4.26. The van der Waals surface area contributed by atoms with Crippen LogP contribution in [0.3, 0.4) is 0 Å². The smallest absolute Gasteiger partial charge is 0.330 e. The standard InChI is InChI=1S/C11H14N2O4.C8H8N2O4/c1-7-8(5-6-9(14)15-2)10(16-3)13-11(12-7)17-4;1-4-5(2-3-6(11)12)7(13)10-8(14)9-4/h5-6H,1-4H3;2-3H,1H3,(H,11,12)(H2,9,10,13,14)/b6-5+;3-2+. The van der Waals surface area contributed by atoms with Crippen LogP contribution in [0, 0.1) is 13.8 Å². The third-order valence-corrected chi connectivity index (χ3v) is 3.61. The number of methoxy groups -OCH3 is 3. The van der Waals surface area contributed by atoms with Crippen LogP contribution in [0.15, 0.2) is 21.7 Å². The third-order valence-electron chi connectivity index (χ3n) is 3.61. The van der Waals surface area contributed by atoms with Gasteiger partial charge in [-0.15, -0.1) is 0 Å². The van der Waals surface area contributed by atoms with Crippen molar-refractivity contribution in [1.82, 2.24) is 19.9 Å². The fourth-order valence-corrected chi connectivity index (χ4v) is 2.15. The van der Waals surface area contributed by atoms with Gasteiger partial charge in [0.1, 0.15) is 0 Å². The Labute approximate surface area is 176 Å². The number of aromatic amines is 2. The van der Waals surface area contributed by atoms with Crippen molar-refractivity contribution in [3.05, 3.63) is 55.5 Å². The summed E-state index contributed by atoms with van der Waals surface area (Å²) >= 11 is 0. The topological polar surface area (TPSA) is 174 Å². The van der Waals surface area contributed by atoms with E-state index in [0.29, 0.717) is 22.8 Å². The lowest BCUT2D eigenvalue weighted by Crippen LogP contribution is -2.25. The lowest BCUT2D eigenvalue weighted by Gasteiger charge is -2.08. The first kappa shape index (κ1) is 24.8. The molecule has 12 heteroatoms.